The van der Waals surface area contributed by atoms with Gasteiger partial charge in [0.15, 0.2) is 5.82 Å². The van der Waals surface area contributed by atoms with Gasteiger partial charge in [-0.2, -0.15) is 0 Å². The fourth-order valence-electron chi connectivity index (χ4n) is 2.47. The molecule has 0 fully saturated rings. The predicted molar refractivity (Wildman–Crippen MR) is 89.8 cm³/mol. The Bertz CT molecular complexity index is 1050. The first-order valence-corrected chi connectivity index (χ1v) is 7.72. The highest BCUT2D eigenvalue weighted by Gasteiger charge is 2.16. The van der Waals surface area contributed by atoms with Crippen molar-refractivity contribution in [2.24, 2.45) is 0 Å². The zero-order chi connectivity index (χ0) is 17.2. The minimum absolute atomic E-state index is 0.0887. The maximum atomic E-state index is 12.0. The van der Waals surface area contributed by atoms with Gasteiger partial charge >= 0.3 is 5.76 Å². The van der Waals surface area contributed by atoms with E-state index < -0.39 is 5.76 Å². The molecule has 124 valence electrons. The minimum Gasteiger partial charge on any atom is -0.419 e. The summed E-state index contributed by atoms with van der Waals surface area (Å²) in [5.41, 5.74) is 2.74. The monoisotopic (exact) mass is 334 g/mol. The van der Waals surface area contributed by atoms with E-state index in [1.54, 1.807) is 0 Å². The lowest BCUT2D eigenvalue weighted by molar-refractivity contribution is 0.374. The van der Waals surface area contributed by atoms with Crippen LogP contribution in [0.2, 0.25) is 0 Å². The van der Waals surface area contributed by atoms with Gasteiger partial charge in [0.2, 0.25) is 11.8 Å². The molecule has 4 rings (SSSR count). The summed E-state index contributed by atoms with van der Waals surface area (Å²) in [5, 5.41) is 11.9. The number of hydrogen-bond donors (Lipinski definition) is 0. The summed E-state index contributed by atoms with van der Waals surface area (Å²) in [6.45, 7) is 2.10. The second-order valence-corrected chi connectivity index (χ2v) is 5.59. The fraction of sp³-hybridized carbons (Fsp3) is 0.111. The van der Waals surface area contributed by atoms with E-state index in [-0.39, 0.29) is 6.54 Å². The summed E-state index contributed by atoms with van der Waals surface area (Å²) in [6, 6.07) is 17.1. The standard InChI is InChI=1S/C18H14N4O3/c1-12-7-9-14(10-8-12)17-20-19-15(24-17)11-22-16(21-25-18(22)23)13-5-3-2-4-6-13/h2-10H,11H2,1H3. The summed E-state index contributed by atoms with van der Waals surface area (Å²) < 4.78 is 11.8. The van der Waals surface area contributed by atoms with Crippen molar-refractivity contribution in [3.05, 3.63) is 76.6 Å². The van der Waals surface area contributed by atoms with Crippen molar-refractivity contribution in [1.29, 1.82) is 0 Å². The van der Waals surface area contributed by atoms with Crippen LogP contribution in [0.4, 0.5) is 0 Å². The summed E-state index contributed by atoms with van der Waals surface area (Å²) in [7, 11) is 0. The molecule has 0 unspecified atom stereocenters. The summed E-state index contributed by atoms with van der Waals surface area (Å²) >= 11 is 0. The summed E-state index contributed by atoms with van der Waals surface area (Å²) in [6.07, 6.45) is 0. The minimum atomic E-state index is -0.575. The quantitative estimate of drug-likeness (QED) is 0.570. The molecule has 0 N–H and O–H groups in total. The van der Waals surface area contributed by atoms with Crippen LogP contribution in [0.3, 0.4) is 0 Å². The van der Waals surface area contributed by atoms with Crippen molar-refractivity contribution in [2.45, 2.75) is 13.5 Å². The molecule has 0 aliphatic rings. The molecule has 0 aliphatic heterocycles. The molecule has 25 heavy (non-hydrogen) atoms. The second-order valence-electron chi connectivity index (χ2n) is 5.59. The summed E-state index contributed by atoms with van der Waals surface area (Å²) in [5.74, 6) is 0.549. The molecule has 0 spiro atoms. The summed E-state index contributed by atoms with van der Waals surface area (Å²) in [4.78, 5) is 12.0. The maximum Gasteiger partial charge on any atom is 0.442 e. The molecule has 2 aromatic carbocycles. The maximum absolute atomic E-state index is 12.0. The average Bonchev–Trinajstić information content (AvgIpc) is 3.24. The van der Waals surface area contributed by atoms with Gasteiger partial charge < -0.3 is 4.42 Å². The van der Waals surface area contributed by atoms with Crippen molar-refractivity contribution in [1.82, 2.24) is 19.9 Å². The van der Waals surface area contributed by atoms with Crippen LogP contribution in [0, 0.1) is 6.92 Å². The number of aromatic nitrogens is 4. The third kappa shape index (κ3) is 2.99. The van der Waals surface area contributed by atoms with Crippen LogP contribution in [-0.2, 0) is 6.54 Å². The Balaban J connectivity index is 1.65. The van der Waals surface area contributed by atoms with Crippen LogP contribution in [0.25, 0.3) is 22.8 Å². The van der Waals surface area contributed by atoms with E-state index in [1.165, 1.54) is 4.57 Å². The molecular formula is C18H14N4O3. The third-order valence-electron chi connectivity index (χ3n) is 3.78. The molecule has 0 saturated heterocycles. The molecule has 0 amide bonds. The highest BCUT2D eigenvalue weighted by molar-refractivity contribution is 5.54. The zero-order valence-electron chi connectivity index (χ0n) is 13.4. The lowest BCUT2D eigenvalue weighted by Gasteiger charge is -2.01. The van der Waals surface area contributed by atoms with Crippen molar-refractivity contribution in [3.8, 4) is 22.8 Å². The highest BCUT2D eigenvalue weighted by atomic mass is 16.5. The van der Waals surface area contributed by atoms with E-state index in [4.69, 9.17) is 8.94 Å². The van der Waals surface area contributed by atoms with E-state index >= 15 is 0 Å². The molecular weight excluding hydrogens is 320 g/mol. The van der Waals surface area contributed by atoms with Crippen molar-refractivity contribution in [2.75, 3.05) is 0 Å². The number of hydrogen-bond acceptors (Lipinski definition) is 6. The van der Waals surface area contributed by atoms with E-state index in [0.29, 0.717) is 17.6 Å². The van der Waals surface area contributed by atoms with Crippen molar-refractivity contribution < 1.29 is 8.94 Å². The molecule has 4 aromatic rings. The molecule has 0 atom stereocenters. The Hall–Kier alpha value is -3.48. The lowest BCUT2D eigenvalue weighted by atomic mass is 10.1. The third-order valence-corrected chi connectivity index (χ3v) is 3.78. The highest BCUT2D eigenvalue weighted by Crippen LogP contribution is 2.20. The molecule has 0 bridgehead atoms. The van der Waals surface area contributed by atoms with Crippen LogP contribution in [0.1, 0.15) is 11.5 Å². The Morgan fingerprint density at radius 3 is 2.48 bits per heavy atom. The Morgan fingerprint density at radius 2 is 1.72 bits per heavy atom. The van der Waals surface area contributed by atoms with E-state index in [2.05, 4.69) is 15.4 Å². The molecule has 7 nitrogen and oxygen atoms in total. The van der Waals surface area contributed by atoms with Gasteiger partial charge in [-0.05, 0) is 19.1 Å². The molecule has 0 saturated carbocycles. The van der Waals surface area contributed by atoms with Gasteiger partial charge in [-0.25, -0.2) is 9.36 Å². The van der Waals surface area contributed by atoms with Crippen LogP contribution in [0.15, 0.2) is 68.3 Å². The normalized spacial score (nSPS) is 10.9. The largest absolute Gasteiger partial charge is 0.442 e. The first-order chi connectivity index (χ1) is 12.2. The SMILES string of the molecule is Cc1ccc(-c2nnc(Cn3c(-c4ccccc4)noc3=O)o2)cc1. The van der Waals surface area contributed by atoms with Crippen LogP contribution in [0.5, 0.6) is 0 Å². The number of rotatable bonds is 4. The first kappa shape index (κ1) is 15.1. The van der Waals surface area contributed by atoms with Crippen LogP contribution < -0.4 is 5.76 Å². The topological polar surface area (TPSA) is 87.0 Å². The van der Waals surface area contributed by atoms with Gasteiger partial charge in [-0.15, -0.1) is 10.2 Å². The van der Waals surface area contributed by atoms with E-state index in [9.17, 15) is 4.79 Å². The van der Waals surface area contributed by atoms with Crippen LogP contribution in [-0.4, -0.2) is 19.9 Å². The van der Waals surface area contributed by atoms with Gasteiger partial charge in [0.25, 0.3) is 0 Å². The molecule has 0 radical (unpaired) electrons. The zero-order valence-corrected chi connectivity index (χ0v) is 13.4. The number of nitrogens with zero attached hydrogens (tertiary/aromatic N) is 4. The molecule has 0 aliphatic carbocycles. The molecule has 2 aromatic heterocycles. The van der Waals surface area contributed by atoms with E-state index in [0.717, 1.165) is 16.7 Å². The van der Waals surface area contributed by atoms with Gasteiger partial charge in [-0.1, -0.05) is 53.2 Å². The Labute approximate surface area is 142 Å². The van der Waals surface area contributed by atoms with Gasteiger partial charge in [0.1, 0.15) is 6.54 Å². The van der Waals surface area contributed by atoms with E-state index in [1.807, 2.05) is 61.5 Å². The average molecular weight is 334 g/mol. The Kier molecular flexibility index (Phi) is 3.74. The van der Waals surface area contributed by atoms with Gasteiger partial charge in [-0.3, -0.25) is 4.52 Å². The van der Waals surface area contributed by atoms with Crippen LogP contribution >= 0.6 is 0 Å². The van der Waals surface area contributed by atoms with Gasteiger partial charge in [0, 0.05) is 11.1 Å². The molecule has 7 heteroatoms. The second kappa shape index (κ2) is 6.20. The first-order valence-electron chi connectivity index (χ1n) is 7.72. The Morgan fingerprint density at radius 1 is 0.960 bits per heavy atom. The molecule has 2 heterocycles. The number of benzene rings is 2. The smallest absolute Gasteiger partial charge is 0.419 e. The van der Waals surface area contributed by atoms with Gasteiger partial charge in [0.05, 0.1) is 0 Å². The fourth-order valence-corrected chi connectivity index (χ4v) is 2.47. The van der Waals surface area contributed by atoms with Crippen molar-refractivity contribution in [3.63, 3.8) is 0 Å². The number of aryl methyl sites for hydroxylation is 1. The lowest BCUT2D eigenvalue weighted by Crippen LogP contribution is -2.16. The predicted octanol–water partition coefficient (Wildman–Crippen LogP) is 2.91. The van der Waals surface area contributed by atoms with Crippen molar-refractivity contribution >= 4 is 0 Å².